The lowest BCUT2D eigenvalue weighted by atomic mass is 10.1. The predicted molar refractivity (Wildman–Crippen MR) is 69.8 cm³/mol. The smallest absolute Gasteiger partial charge is 0.165 e. The summed E-state index contributed by atoms with van der Waals surface area (Å²) in [7, 11) is 0. The van der Waals surface area contributed by atoms with Crippen LogP contribution in [0.5, 0.6) is 5.75 Å². The number of benzene rings is 2. The summed E-state index contributed by atoms with van der Waals surface area (Å²) >= 11 is 0. The SMILES string of the molecule is NCCc1ccc(OCc2c(F)cccc2F)c(F)c1. The summed E-state index contributed by atoms with van der Waals surface area (Å²) in [5.74, 6) is -2.06. The second-order valence-corrected chi connectivity index (χ2v) is 4.29. The van der Waals surface area contributed by atoms with Crippen molar-refractivity contribution >= 4 is 0 Å². The lowest BCUT2D eigenvalue weighted by Gasteiger charge is -2.10. The molecule has 0 aliphatic heterocycles. The van der Waals surface area contributed by atoms with Gasteiger partial charge in [0.05, 0.1) is 5.56 Å². The van der Waals surface area contributed by atoms with E-state index < -0.39 is 17.5 Å². The molecule has 0 atom stereocenters. The zero-order valence-electron chi connectivity index (χ0n) is 10.7. The molecule has 0 saturated heterocycles. The number of hydrogen-bond donors (Lipinski definition) is 1. The molecule has 0 aromatic heterocycles. The Labute approximate surface area is 115 Å². The van der Waals surface area contributed by atoms with Crippen molar-refractivity contribution in [3.63, 3.8) is 0 Å². The highest BCUT2D eigenvalue weighted by atomic mass is 19.1. The first-order valence-corrected chi connectivity index (χ1v) is 6.16. The molecular weight excluding hydrogens is 267 g/mol. The topological polar surface area (TPSA) is 35.2 Å². The molecule has 2 nitrogen and oxygen atoms in total. The van der Waals surface area contributed by atoms with Crippen LogP contribution in [0.15, 0.2) is 36.4 Å². The van der Waals surface area contributed by atoms with E-state index in [9.17, 15) is 13.2 Å². The standard InChI is InChI=1S/C15H14F3NO/c16-12-2-1-3-13(17)11(12)9-20-15-5-4-10(6-7-19)8-14(15)18/h1-5,8H,6-7,9,19H2. The Morgan fingerprint density at radius 2 is 1.65 bits per heavy atom. The fourth-order valence-electron chi connectivity index (χ4n) is 1.80. The number of halogens is 3. The van der Waals surface area contributed by atoms with Gasteiger partial charge in [0.1, 0.15) is 18.2 Å². The van der Waals surface area contributed by atoms with Crippen molar-refractivity contribution < 1.29 is 17.9 Å². The minimum atomic E-state index is -0.717. The largest absolute Gasteiger partial charge is 0.486 e. The number of ether oxygens (including phenoxy) is 1. The van der Waals surface area contributed by atoms with Gasteiger partial charge in [-0.3, -0.25) is 0 Å². The molecule has 2 rings (SSSR count). The van der Waals surface area contributed by atoms with E-state index in [4.69, 9.17) is 10.5 Å². The highest BCUT2D eigenvalue weighted by Gasteiger charge is 2.11. The summed E-state index contributed by atoms with van der Waals surface area (Å²) in [5.41, 5.74) is 5.90. The van der Waals surface area contributed by atoms with Crippen LogP contribution >= 0.6 is 0 Å². The summed E-state index contributed by atoms with van der Waals surface area (Å²) in [5, 5.41) is 0. The van der Waals surface area contributed by atoms with Crippen molar-refractivity contribution in [3.05, 3.63) is 65.0 Å². The van der Waals surface area contributed by atoms with Crippen LogP contribution in [0, 0.1) is 17.5 Å². The minimum absolute atomic E-state index is 0.0478. The fourth-order valence-corrected chi connectivity index (χ4v) is 1.80. The first-order chi connectivity index (χ1) is 9.61. The molecule has 2 aromatic carbocycles. The Bertz CT molecular complexity index is 581. The van der Waals surface area contributed by atoms with Crippen molar-refractivity contribution in [2.45, 2.75) is 13.0 Å². The van der Waals surface area contributed by atoms with Crippen LogP contribution in [0.3, 0.4) is 0 Å². The van der Waals surface area contributed by atoms with Gasteiger partial charge in [-0.15, -0.1) is 0 Å². The Morgan fingerprint density at radius 1 is 0.950 bits per heavy atom. The van der Waals surface area contributed by atoms with E-state index >= 15 is 0 Å². The van der Waals surface area contributed by atoms with E-state index in [2.05, 4.69) is 0 Å². The molecule has 106 valence electrons. The zero-order chi connectivity index (χ0) is 14.5. The van der Waals surface area contributed by atoms with Crippen molar-refractivity contribution in [1.82, 2.24) is 0 Å². The predicted octanol–water partition coefficient (Wildman–Crippen LogP) is 3.18. The zero-order valence-corrected chi connectivity index (χ0v) is 10.7. The van der Waals surface area contributed by atoms with Gasteiger partial charge in [-0.05, 0) is 42.8 Å². The maximum atomic E-state index is 13.7. The molecule has 0 bridgehead atoms. The van der Waals surface area contributed by atoms with Gasteiger partial charge in [-0.2, -0.15) is 0 Å². The molecule has 20 heavy (non-hydrogen) atoms. The monoisotopic (exact) mass is 281 g/mol. The van der Waals surface area contributed by atoms with Gasteiger partial charge < -0.3 is 10.5 Å². The van der Waals surface area contributed by atoms with Crippen molar-refractivity contribution in [3.8, 4) is 5.75 Å². The summed E-state index contributed by atoms with van der Waals surface area (Å²) in [6, 6.07) is 7.92. The first kappa shape index (κ1) is 14.4. The van der Waals surface area contributed by atoms with Gasteiger partial charge in [-0.1, -0.05) is 12.1 Å². The molecule has 2 aromatic rings. The average molecular weight is 281 g/mol. The van der Waals surface area contributed by atoms with Gasteiger partial charge >= 0.3 is 0 Å². The maximum Gasteiger partial charge on any atom is 0.165 e. The summed E-state index contributed by atoms with van der Waals surface area (Å²) < 4.78 is 45.6. The molecular formula is C15H14F3NO. The molecule has 0 heterocycles. The first-order valence-electron chi connectivity index (χ1n) is 6.16. The number of rotatable bonds is 5. The summed E-state index contributed by atoms with van der Waals surface area (Å²) in [6.07, 6.45) is 0.555. The molecule has 0 radical (unpaired) electrons. The maximum absolute atomic E-state index is 13.7. The molecule has 5 heteroatoms. The fraction of sp³-hybridized carbons (Fsp3) is 0.200. The molecule has 0 fully saturated rings. The number of hydrogen-bond acceptors (Lipinski definition) is 2. The Balaban J connectivity index is 2.11. The van der Waals surface area contributed by atoms with E-state index in [0.717, 1.165) is 17.7 Å². The van der Waals surface area contributed by atoms with Crippen LogP contribution in [0.1, 0.15) is 11.1 Å². The van der Waals surface area contributed by atoms with Crippen LogP contribution in [-0.2, 0) is 13.0 Å². The summed E-state index contributed by atoms with van der Waals surface area (Å²) in [6.45, 7) is 0.0474. The summed E-state index contributed by atoms with van der Waals surface area (Å²) in [4.78, 5) is 0. The van der Waals surface area contributed by atoms with Gasteiger partial charge in [0.2, 0.25) is 0 Å². The molecule has 2 N–H and O–H groups in total. The van der Waals surface area contributed by atoms with Gasteiger partial charge in [0.25, 0.3) is 0 Å². The molecule has 0 saturated carbocycles. The number of nitrogens with two attached hydrogens (primary N) is 1. The normalized spacial score (nSPS) is 10.6. The third-order valence-electron chi connectivity index (χ3n) is 2.86. The van der Waals surface area contributed by atoms with E-state index in [1.807, 2.05) is 0 Å². The highest BCUT2D eigenvalue weighted by Crippen LogP contribution is 2.21. The Hall–Kier alpha value is -2.01. The van der Waals surface area contributed by atoms with Gasteiger partial charge in [-0.25, -0.2) is 13.2 Å². The Morgan fingerprint density at radius 3 is 2.25 bits per heavy atom. The van der Waals surface area contributed by atoms with Gasteiger partial charge in [0, 0.05) is 0 Å². The third-order valence-corrected chi connectivity index (χ3v) is 2.86. The van der Waals surface area contributed by atoms with E-state index in [-0.39, 0.29) is 17.9 Å². The Kier molecular flexibility index (Phi) is 4.63. The molecule has 0 aliphatic rings. The second-order valence-electron chi connectivity index (χ2n) is 4.29. The van der Waals surface area contributed by atoms with Crippen LogP contribution < -0.4 is 10.5 Å². The van der Waals surface area contributed by atoms with Crippen LogP contribution in [-0.4, -0.2) is 6.54 Å². The lowest BCUT2D eigenvalue weighted by Crippen LogP contribution is -2.05. The molecule has 0 amide bonds. The average Bonchev–Trinajstić information content (AvgIpc) is 2.40. The van der Waals surface area contributed by atoms with E-state index in [1.165, 1.54) is 18.2 Å². The van der Waals surface area contributed by atoms with Crippen LogP contribution in [0.4, 0.5) is 13.2 Å². The molecule has 0 unspecified atom stereocenters. The van der Waals surface area contributed by atoms with Crippen molar-refractivity contribution in [2.75, 3.05) is 6.54 Å². The minimum Gasteiger partial charge on any atom is -0.486 e. The third kappa shape index (κ3) is 3.30. The second kappa shape index (κ2) is 6.43. The van der Waals surface area contributed by atoms with Crippen molar-refractivity contribution in [2.24, 2.45) is 5.73 Å². The van der Waals surface area contributed by atoms with E-state index in [0.29, 0.717) is 13.0 Å². The van der Waals surface area contributed by atoms with Crippen LogP contribution in [0.25, 0.3) is 0 Å². The molecule has 0 aliphatic carbocycles. The lowest BCUT2D eigenvalue weighted by molar-refractivity contribution is 0.278. The highest BCUT2D eigenvalue weighted by molar-refractivity contribution is 5.30. The quantitative estimate of drug-likeness (QED) is 0.913. The van der Waals surface area contributed by atoms with Crippen molar-refractivity contribution in [1.29, 1.82) is 0 Å². The molecule has 0 spiro atoms. The van der Waals surface area contributed by atoms with E-state index in [1.54, 1.807) is 6.07 Å². The van der Waals surface area contributed by atoms with Crippen LogP contribution in [0.2, 0.25) is 0 Å². The van der Waals surface area contributed by atoms with Gasteiger partial charge in [0.15, 0.2) is 11.6 Å².